The average molecular weight is 485 g/mol. The van der Waals surface area contributed by atoms with E-state index >= 15 is 0 Å². The fraction of sp³-hybridized carbons (Fsp3) is 0.200. The number of ether oxygens (including phenoxy) is 2. The zero-order chi connectivity index (χ0) is 25.9. The average Bonchev–Trinajstić information content (AvgIpc) is 2.88. The van der Waals surface area contributed by atoms with E-state index in [1.54, 1.807) is 36.7 Å². The van der Waals surface area contributed by atoms with Gasteiger partial charge in [-0.25, -0.2) is 0 Å². The minimum absolute atomic E-state index is 0.0761. The lowest BCUT2D eigenvalue weighted by Crippen LogP contribution is -2.04. The Balaban J connectivity index is 1.58. The van der Waals surface area contributed by atoms with Crippen molar-refractivity contribution in [1.82, 2.24) is 9.80 Å². The summed E-state index contributed by atoms with van der Waals surface area (Å²) in [7, 11) is 7.47. The van der Waals surface area contributed by atoms with Gasteiger partial charge in [0.15, 0.2) is 11.6 Å². The molecule has 6 nitrogen and oxygen atoms in total. The smallest absolute Gasteiger partial charge is 0.187 e. The third kappa shape index (κ3) is 8.47. The lowest BCUT2D eigenvalue weighted by atomic mass is 10.1. The highest BCUT2D eigenvalue weighted by molar-refractivity contribution is 6.05. The molecule has 0 aliphatic rings. The number of ketones is 2. The van der Waals surface area contributed by atoms with Crippen molar-refractivity contribution in [1.29, 1.82) is 0 Å². The minimum atomic E-state index is -0.0761. The Morgan fingerprint density at radius 3 is 1.47 bits per heavy atom. The second-order valence-corrected chi connectivity index (χ2v) is 8.74. The molecule has 0 aliphatic heterocycles. The summed E-state index contributed by atoms with van der Waals surface area (Å²) >= 11 is 0. The van der Waals surface area contributed by atoms with Gasteiger partial charge in [0, 0.05) is 63.9 Å². The molecule has 0 amide bonds. The van der Waals surface area contributed by atoms with Crippen molar-refractivity contribution in [2.75, 3.05) is 28.2 Å². The maximum absolute atomic E-state index is 12.3. The zero-order valence-corrected chi connectivity index (χ0v) is 21.2. The third-order valence-corrected chi connectivity index (χ3v) is 5.09. The van der Waals surface area contributed by atoms with Crippen LogP contribution in [0.5, 0.6) is 11.5 Å². The molecule has 0 saturated heterocycles. The molecule has 0 unspecified atom stereocenters. The van der Waals surface area contributed by atoms with Crippen LogP contribution < -0.4 is 9.47 Å². The Bertz CT molecular complexity index is 1150. The first kappa shape index (κ1) is 26.3. The molecule has 0 spiro atoms. The molecule has 6 heteroatoms. The summed E-state index contributed by atoms with van der Waals surface area (Å²) in [6.07, 6.45) is 6.52. The third-order valence-electron chi connectivity index (χ3n) is 5.09. The highest BCUT2D eigenvalue weighted by Crippen LogP contribution is 2.19. The van der Waals surface area contributed by atoms with Gasteiger partial charge in [-0.15, -0.1) is 0 Å². The molecule has 0 heterocycles. The van der Waals surface area contributed by atoms with Crippen LogP contribution in [-0.4, -0.2) is 49.6 Å². The summed E-state index contributed by atoms with van der Waals surface area (Å²) in [5, 5.41) is 0. The molecule has 186 valence electrons. The van der Waals surface area contributed by atoms with Gasteiger partial charge in [-0.1, -0.05) is 42.5 Å². The van der Waals surface area contributed by atoms with Crippen LogP contribution in [0.4, 0.5) is 0 Å². The highest BCUT2D eigenvalue weighted by atomic mass is 16.5. The lowest BCUT2D eigenvalue weighted by Gasteiger charge is -2.10. The Kier molecular flexibility index (Phi) is 9.46. The normalized spacial score (nSPS) is 11.0. The van der Waals surface area contributed by atoms with E-state index < -0.39 is 0 Å². The summed E-state index contributed by atoms with van der Waals surface area (Å²) in [5.74, 6) is 1.11. The summed E-state index contributed by atoms with van der Waals surface area (Å²) < 4.78 is 11.9. The number of benzene rings is 3. The Morgan fingerprint density at radius 1 is 0.639 bits per heavy atom. The fourth-order valence-electron chi connectivity index (χ4n) is 3.25. The summed E-state index contributed by atoms with van der Waals surface area (Å²) in [6.45, 7) is 0.725. The maximum Gasteiger partial charge on any atom is 0.187 e. The second-order valence-electron chi connectivity index (χ2n) is 8.74. The van der Waals surface area contributed by atoms with Crippen LogP contribution in [0, 0.1) is 0 Å². The van der Waals surface area contributed by atoms with Gasteiger partial charge in [-0.05, 0) is 41.5 Å². The number of carbonyl (C=O) groups excluding carboxylic acids is 2. The molecule has 3 rings (SSSR count). The molecule has 0 fully saturated rings. The van der Waals surface area contributed by atoms with Crippen LogP contribution in [0.1, 0.15) is 31.8 Å². The van der Waals surface area contributed by atoms with Crippen molar-refractivity contribution in [2.45, 2.75) is 13.2 Å². The van der Waals surface area contributed by atoms with Gasteiger partial charge < -0.3 is 19.3 Å². The molecule has 36 heavy (non-hydrogen) atoms. The van der Waals surface area contributed by atoms with E-state index in [1.165, 1.54) is 12.2 Å². The van der Waals surface area contributed by atoms with E-state index in [2.05, 4.69) is 0 Å². The molecule has 3 aromatic rings. The van der Waals surface area contributed by atoms with E-state index in [4.69, 9.17) is 9.47 Å². The van der Waals surface area contributed by atoms with Crippen LogP contribution in [0.25, 0.3) is 0 Å². The lowest BCUT2D eigenvalue weighted by molar-refractivity contribution is 0.103. The van der Waals surface area contributed by atoms with Crippen LogP contribution in [0.15, 0.2) is 97.3 Å². The zero-order valence-electron chi connectivity index (χ0n) is 21.2. The topological polar surface area (TPSA) is 59.1 Å². The number of hydrogen-bond acceptors (Lipinski definition) is 6. The molecule has 0 bridgehead atoms. The first-order chi connectivity index (χ1) is 17.3. The number of carbonyl (C=O) groups is 2. The van der Waals surface area contributed by atoms with Gasteiger partial charge in [0.1, 0.15) is 24.7 Å². The SMILES string of the molecule is CN(C)/C=C/C(=O)c1cccc(OCc2cccc(COc3cccc(C(=O)/C=C/N(C)C)c3)c2)c1. The van der Waals surface area contributed by atoms with Gasteiger partial charge in [-0.2, -0.15) is 0 Å². The number of allylic oxidation sites excluding steroid dienone is 2. The Labute approximate surface area is 213 Å². The van der Waals surface area contributed by atoms with Crippen molar-refractivity contribution >= 4 is 11.6 Å². The van der Waals surface area contributed by atoms with Crippen molar-refractivity contribution in [3.05, 3.63) is 120 Å². The largest absolute Gasteiger partial charge is 0.489 e. The fourth-order valence-corrected chi connectivity index (χ4v) is 3.25. The van der Waals surface area contributed by atoms with Gasteiger partial charge in [-0.3, -0.25) is 9.59 Å². The van der Waals surface area contributed by atoms with E-state index in [0.717, 1.165) is 11.1 Å². The molecule has 0 saturated carbocycles. The van der Waals surface area contributed by atoms with Crippen molar-refractivity contribution in [2.24, 2.45) is 0 Å². The van der Waals surface area contributed by atoms with Gasteiger partial charge in [0.05, 0.1) is 0 Å². The van der Waals surface area contributed by atoms with Crippen molar-refractivity contribution in [3.63, 3.8) is 0 Å². The number of hydrogen-bond donors (Lipinski definition) is 0. The summed E-state index contributed by atoms with van der Waals surface area (Å²) in [4.78, 5) is 28.3. The van der Waals surface area contributed by atoms with E-state index in [9.17, 15) is 9.59 Å². The predicted octanol–water partition coefficient (Wildman–Crippen LogP) is 5.36. The van der Waals surface area contributed by atoms with E-state index in [-0.39, 0.29) is 11.6 Å². The molecule has 0 N–H and O–H groups in total. The van der Waals surface area contributed by atoms with Gasteiger partial charge in [0.25, 0.3) is 0 Å². The summed E-state index contributed by atoms with van der Waals surface area (Å²) in [6, 6.07) is 22.3. The molecular weight excluding hydrogens is 452 g/mol. The van der Waals surface area contributed by atoms with Crippen molar-refractivity contribution in [3.8, 4) is 11.5 Å². The van der Waals surface area contributed by atoms with Gasteiger partial charge >= 0.3 is 0 Å². The van der Waals surface area contributed by atoms with Crippen molar-refractivity contribution < 1.29 is 19.1 Å². The van der Waals surface area contributed by atoms with Gasteiger partial charge in [0.2, 0.25) is 0 Å². The molecule has 0 radical (unpaired) electrons. The predicted molar refractivity (Wildman–Crippen MR) is 142 cm³/mol. The molecule has 0 aliphatic carbocycles. The quantitative estimate of drug-likeness (QED) is 0.255. The Hall–Kier alpha value is -4.32. The molecular formula is C30H32N2O4. The first-order valence-electron chi connectivity index (χ1n) is 11.6. The first-order valence-corrected chi connectivity index (χ1v) is 11.6. The van der Waals surface area contributed by atoms with Crippen LogP contribution in [-0.2, 0) is 13.2 Å². The number of nitrogens with zero attached hydrogens (tertiary/aromatic N) is 2. The number of rotatable bonds is 12. The van der Waals surface area contributed by atoms with Crippen LogP contribution >= 0.6 is 0 Å². The molecule has 0 aromatic heterocycles. The second kappa shape index (κ2) is 13.0. The minimum Gasteiger partial charge on any atom is -0.489 e. The Morgan fingerprint density at radius 2 is 1.06 bits per heavy atom. The van der Waals surface area contributed by atoms with E-state index in [1.807, 2.05) is 86.5 Å². The standard InChI is InChI=1S/C30H32N2O4/c1-31(2)16-14-29(33)25-10-6-12-27(19-25)35-21-23-8-5-9-24(18-23)22-36-28-13-7-11-26(20-28)30(34)15-17-32(3)4/h5-20H,21-22H2,1-4H3/b16-14+,17-15+. The van der Waals surface area contributed by atoms with E-state index in [0.29, 0.717) is 35.8 Å². The molecule has 0 atom stereocenters. The van der Waals surface area contributed by atoms with Crippen LogP contribution in [0.2, 0.25) is 0 Å². The van der Waals surface area contributed by atoms with Crippen LogP contribution in [0.3, 0.4) is 0 Å². The monoisotopic (exact) mass is 484 g/mol. The summed E-state index contributed by atoms with van der Waals surface area (Å²) in [5.41, 5.74) is 3.12. The highest BCUT2D eigenvalue weighted by Gasteiger charge is 2.06. The molecule has 3 aromatic carbocycles. The maximum atomic E-state index is 12.3.